The normalized spacial score (nSPS) is 9.63. The van der Waals surface area contributed by atoms with Crippen LogP contribution in [0.25, 0.3) is 22.9 Å². The summed E-state index contributed by atoms with van der Waals surface area (Å²) in [5, 5.41) is 0. The van der Waals surface area contributed by atoms with Gasteiger partial charge < -0.3 is 9.97 Å². The van der Waals surface area contributed by atoms with Gasteiger partial charge in [-0.1, -0.05) is 18.3 Å². The first-order valence-corrected chi connectivity index (χ1v) is 8.19. The largest absolute Gasteiger partial charge is 0.441 e. The third kappa shape index (κ3) is 3.49. The van der Waals surface area contributed by atoms with Crippen molar-refractivity contribution in [2.45, 2.75) is 0 Å². The summed E-state index contributed by atoms with van der Waals surface area (Å²) in [6.07, 6.45) is 5.18. The van der Waals surface area contributed by atoms with Crippen LogP contribution in [0, 0.1) is 0 Å². The van der Waals surface area contributed by atoms with Gasteiger partial charge in [0.15, 0.2) is 0 Å². The number of imidazole rings is 1. The van der Waals surface area contributed by atoms with Crippen molar-refractivity contribution in [1.29, 1.82) is 0 Å². The standard InChI is InChI=1S/C13H9N4.ClH.Pt/c1-3-7-14-10(5-1)12-9-16-13(17-12)11-6-2-4-8-15-11;;/h1-9H;1H;/q-1;;+2/p-1. The molecule has 0 fully saturated rings. The Morgan fingerprint density at radius 2 is 1.47 bits per heavy atom. The van der Waals surface area contributed by atoms with Gasteiger partial charge in [-0.15, -0.1) is 0 Å². The molecule has 19 heavy (non-hydrogen) atoms. The van der Waals surface area contributed by atoms with Crippen molar-refractivity contribution in [3.63, 3.8) is 0 Å². The van der Waals surface area contributed by atoms with Gasteiger partial charge in [-0.05, 0) is 35.8 Å². The topological polar surface area (TPSA) is 52.8 Å². The predicted octanol–water partition coefficient (Wildman–Crippen LogP) is 2.85. The van der Waals surface area contributed by atoms with Crippen LogP contribution in [0.15, 0.2) is 55.0 Å². The Balaban J connectivity index is 0.000000637. The summed E-state index contributed by atoms with van der Waals surface area (Å²) in [6, 6.07) is 11.4. The summed E-state index contributed by atoms with van der Waals surface area (Å²) >= 11 is 1.61. The third-order valence-electron chi connectivity index (χ3n) is 2.36. The van der Waals surface area contributed by atoms with Crippen LogP contribution >= 0.6 is 9.42 Å². The average molecular weight is 452 g/mol. The van der Waals surface area contributed by atoms with Crippen LogP contribution in [0.3, 0.4) is 0 Å². The van der Waals surface area contributed by atoms with Crippen LogP contribution in [0.5, 0.6) is 0 Å². The summed E-state index contributed by atoms with van der Waals surface area (Å²) in [5.41, 5.74) is 2.36. The van der Waals surface area contributed by atoms with E-state index in [0.717, 1.165) is 17.1 Å². The van der Waals surface area contributed by atoms with E-state index in [0.29, 0.717) is 5.82 Å². The molecule has 0 radical (unpaired) electrons. The summed E-state index contributed by atoms with van der Waals surface area (Å²) < 4.78 is 0. The summed E-state index contributed by atoms with van der Waals surface area (Å²) in [6.45, 7) is 0. The first-order chi connectivity index (χ1) is 9.43. The van der Waals surface area contributed by atoms with E-state index in [1.807, 2.05) is 36.4 Å². The van der Waals surface area contributed by atoms with Crippen molar-refractivity contribution >= 4 is 9.42 Å². The average Bonchev–Trinajstić information content (AvgIpc) is 3.01. The molecule has 0 aliphatic rings. The van der Waals surface area contributed by atoms with E-state index in [1.54, 1.807) is 37.4 Å². The van der Waals surface area contributed by atoms with Crippen molar-refractivity contribution in [1.82, 2.24) is 19.9 Å². The molecule has 0 bridgehead atoms. The smallest absolute Gasteiger partial charge is 0.0658 e. The molecule has 4 nitrogen and oxygen atoms in total. The Hall–Kier alpha value is -1.51. The van der Waals surface area contributed by atoms with Gasteiger partial charge in [0.05, 0.1) is 11.4 Å². The molecule has 0 N–H and O–H groups in total. The van der Waals surface area contributed by atoms with Crippen molar-refractivity contribution in [2.75, 3.05) is 0 Å². The maximum Gasteiger partial charge on any atom is 0.0658 e. The zero-order valence-corrected chi connectivity index (χ0v) is 12.7. The number of halogens is 1. The van der Waals surface area contributed by atoms with Crippen molar-refractivity contribution < 1.29 is 18.8 Å². The van der Waals surface area contributed by atoms with Gasteiger partial charge in [-0.2, -0.15) is 0 Å². The Labute approximate surface area is 126 Å². The first kappa shape index (κ1) is 13.9. The number of rotatable bonds is 2. The summed E-state index contributed by atoms with van der Waals surface area (Å²) in [7, 11) is 4.61. The second-order valence-electron chi connectivity index (χ2n) is 3.51. The fraction of sp³-hybridized carbons (Fsp3) is 0. The molecule has 0 spiro atoms. The third-order valence-corrected chi connectivity index (χ3v) is 2.36. The van der Waals surface area contributed by atoms with Crippen LogP contribution in [-0.2, 0) is 18.8 Å². The zero-order valence-electron chi connectivity index (χ0n) is 9.68. The van der Waals surface area contributed by atoms with E-state index < -0.39 is 0 Å². The van der Waals surface area contributed by atoms with E-state index >= 15 is 0 Å². The zero-order chi connectivity index (χ0) is 13.5. The van der Waals surface area contributed by atoms with Gasteiger partial charge >= 0.3 is 28.2 Å². The van der Waals surface area contributed by atoms with E-state index in [9.17, 15) is 0 Å². The second-order valence-corrected chi connectivity index (χ2v) is 3.51. The molecule has 0 saturated heterocycles. The van der Waals surface area contributed by atoms with Crippen LogP contribution < -0.4 is 4.98 Å². The van der Waals surface area contributed by atoms with Crippen molar-refractivity contribution in [3.05, 3.63) is 55.0 Å². The van der Waals surface area contributed by atoms with Gasteiger partial charge in [0, 0.05) is 12.4 Å². The molecule has 0 saturated carbocycles. The second kappa shape index (κ2) is 7.17. The number of hydrogen-bond donors (Lipinski definition) is 0. The fourth-order valence-electron chi connectivity index (χ4n) is 1.55. The Kier molecular flexibility index (Phi) is 5.25. The van der Waals surface area contributed by atoms with Crippen LogP contribution in [-0.4, -0.2) is 15.0 Å². The SMILES string of the molecule is [Cl][Pt+].c1ccc(-c2cnc(-c3ccccn3)[n-]2)nc1. The van der Waals surface area contributed by atoms with Crippen LogP contribution in [0.2, 0.25) is 0 Å². The predicted molar refractivity (Wildman–Crippen MR) is 69.9 cm³/mol. The molecule has 3 aromatic heterocycles. The Morgan fingerprint density at radius 3 is 2.05 bits per heavy atom. The maximum atomic E-state index is 4.61. The summed E-state index contributed by atoms with van der Waals surface area (Å²) in [4.78, 5) is 17.1. The van der Waals surface area contributed by atoms with Crippen molar-refractivity contribution in [2.24, 2.45) is 0 Å². The Bertz CT molecular complexity index is 559. The van der Waals surface area contributed by atoms with Crippen LogP contribution in [0.1, 0.15) is 0 Å². The van der Waals surface area contributed by atoms with E-state index in [-0.39, 0.29) is 0 Å². The number of nitrogens with zero attached hydrogens (tertiary/aromatic N) is 4. The van der Waals surface area contributed by atoms with Gasteiger partial charge in [0.1, 0.15) is 0 Å². The molecule has 3 aromatic rings. The molecule has 0 atom stereocenters. The molecular formula is C13H9ClN4Pt. The van der Waals surface area contributed by atoms with E-state index in [2.05, 4.69) is 29.4 Å². The van der Waals surface area contributed by atoms with Crippen molar-refractivity contribution in [3.8, 4) is 22.9 Å². The number of pyridine rings is 2. The minimum absolute atomic E-state index is 0.631. The molecule has 0 aliphatic carbocycles. The molecule has 0 aliphatic heterocycles. The number of aromatic nitrogens is 4. The first-order valence-electron chi connectivity index (χ1n) is 5.38. The molecule has 3 heterocycles. The molecular weight excluding hydrogens is 443 g/mol. The fourth-order valence-corrected chi connectivity index (χ4v) is 1.55. The van der Waals surface area contributed by atoms with E-state index in [1.165, 1.54) is 0 Å². The molecule has 6 heteroatoms. The maximum absolute atomic E-state index is 4.61. The quantitative estimate of drug-likeness (QED) is 0.601. The molecule has 0 amide bonds. The van der Waals surface area contributed by atoms with Gasteiger partial charge in [-0.3, -0.25) is 9.97 Å². The monoisotopic (exact) mass is 451 g/mol. The van der Waals surface area contributed by atoms with Gasteiger partial charge in [0.25, 0.3) is 0 Å². The molecule has 98 valence electrons. The minimum atomic E-state index is 0.631. The summed E-state index contributed by atoms with van der Waals surface area (Å²) in [5.74, 6) is 0.631. The van der Waals surface area contributed by atoms with Gasteiger partial charge in [0.2, 0.25) is 0 Å². The van der Waals surface area contributed by atoms with Crippen LogP contribution in [0.4, 0.5) is 0 Å². The Morgan fingerprint density at radius 1 is 0.842 bits per heavy atom. The number of hydrogen-bond acceptors (Lipinski definition) is 3. The molecule has 0 aromatic carbocycles. The minimum Gasteiger partial charge on any atom is -0.441 e. The molecule has 3 rings (SSSR count). The van der Waals surface area contributed by atoms with Gasteiger partial charge in [-0.25, -0.2) is 0 Å². The van der Waals surface area contributed by atoms with E-state index in [4.69, 9.17) is 0 Å². The molecule has 0 unspecified atom stereocenters.